The van der Waals surface area contributed by atoms with Crippen molar-refractivity contribution in [3.8, 4) is 5.75 Å². The number of carbonyl (C=O) groups excluding carboxylic acids is 1. The van der Waals surface area contributed by atoms with Gasteiger partial charge in [0.1, 0.15) is 12.4 Å². The Kier molecular flexibility index (Phi) is 5.20. The number of ether oxygens (including phenoxy) is 1. The van der Waals surface area contributed by atoms with Crippen LogP contribution in [-0.2, 0) is 4.79 Å². The molecule has 18 heavy (non-hydrogen) atoms. The first-order valence-electron chi connectivity index (χ1n) is 5.94. The summed E-state index contributed by atoms with van der Waals surface area (Å²) in [6.07, 6.45) is 0. The van der Waals surface area contributed by atoms with Crippen LogP contribution in [-0.4, -0.2) is 35.3 Å². The topological polar surface area (TPSA) is 29.5 Å². The summed E-state index contributed by atoms with van der Waals surface area (Å²) < 4.78 is 5.09. The van der Waals surface area contributed by atoms with Gasteiger partial charge in [-0.15, -0.1) is 0 Å². The molecule has 3 nitrogen and oxygen atoms in total. The van der Waals surface area contributed by atoms with Crippen LogP contribution in [0, 0.1) is 6.92 Å². The molecule has 0 radical (unpaired) electrons. The van der Waals surface area contributed by atoms with E-state index < -0.39 is 4.32 Å². The highest BCUT2D eigenvalue weighted by Gasteiger charge is 2.26. The maximum Gasteiger partial charge on any atom is 0.238 e. The predicted octanol–water partition coefficient (Wildman–Crippen LogP) is 3.01. The first-order valence-corrected chi connectivity index (χ1v) is 6.74. The van der Waals surface area contributed by atoms with Crippen molar-refractivity contribution in [3.63, 3.8) is 0 Å². The molecule has 0 spiro atoms. The summed E-state index contributed by atoms with van der Waals surface area (Å²) in [4.78, 5) is 13.6. The van der Waals surface area contributed by atoms with Crippen LogP contribution in [0.1, 0.15) is 19.4 Å². The molecule has 1 aromatic rings. The van der Waals surface area contributed by atoms with Gasteiger partial charge in [-0.05, 0) is 38.5 Å². The number of nitrogens with zero attached hydrogens (tertiary/aromatic N) is 1. The van der Waals surface area contributed by atoms with Crippen molar-refractivity contribution in [2.75, 3.05) is 20.2 Å². The molecule has 0 aromatic heterocycles. The maximum atomic E-state index is 11.9. The fourth-order valence-electron chi connectivity index (χ4n) is 1.56. The number of alkyl halides is 1. The second-order valence-electron chi connectivity index (χ2n) is 4.86. The van der Waals surface area contributed by atoms with Crippen LogP contribution in [0.3, 0.4) is 0 Å². The largest absolute Gasteiger partial charge is 0.492 e. The molecule has 1 amide bonds. The number of carbonyl (C=O) groups is 1. The van der Waals surface area contributed by atoms with Gasteiger partial charge in [0.2, 0.25) is 5.91 Å². The van der Waals surface area contributed by atoms with E-state index in [9.17, 15) is 4.79 Å². The number of halogens is 1. The molecule has 0 fully saturated rings. The molecule has 100 valence electrons. The third-order valence-electron chi connectivity index (χ3n) is 2.54. The van der Waals surface area contributed by atoms with E-state index in [0.717, 1.165) is 5.75 Å². The van der Waals surface area contributed by atoms with Crippen molar-refractivity contribution in [2.45, 2.75) is 25.1 Å². The first kappa shape index (κ1) is 15.0. The molecule has 4 heteroatoms. The second kappa shape index (κ2) is 6.23. The fraction of sp³-hybridized carbons (Fsp3) is 0.500. The molecule has 0 aliphatic rings. The maximum absolute atomic E-state index is 11.9. The number of hydrogen-bond donors (Lipinski definition) is 0. The summed E-state index contributed by atoms with van der Waals surface area (Å²) in [6.45, 7) is 6.77. The number of benzene rings is 1. The van der Waals surface area contributed by atoms with Gasteiger partial charge in [0.25, 0.3) is 0 Å². The van der Waals surface area contributed by atoms with Crippen LogP contribution >= 0.6 is 15.9 Å². The van der Waals surface area contributed by atoms with Gasteiger partial charge in [-0.3, -0.25) is 4.79 Å². The van der Waals surface area contributed by atoms with Crippen molar-refractivity contribution in [1.82, 2.24) is 4.90 Å². The van der Waals surface area contributed by atoms with Crippen molar-refractivity contribution in [1.29, 1.82) is 0 Å². The number of rotatable bonds is 5. The zero-order chi connectivity index (χ0) is 13.8. The van der Waals surface area contributed by atoms with E-state index in [1.54, 1.807) is 11.9 Å². The Bertz CT molecular complexity index is 413. The second-order valence-corrected chi connectivity index (χ2v) is 6.85. The minimum atomic E-state index is -0.523. The SMILES string of the molecule is Cc1cccc(OCCN(C)C(=O)C(C)(C)Br)c1. The highest BCUT2D eigenvalue weighted by Crippen LogP contribution is 2.18. The van der Waals surface area contributed by atoms with E-state index in [0.29, 0.717) is 13.2 Å². The highest BCUT2D eigenvalue weighted by atomic mass is 79.9. The molecule has 0 unspecified atom stereocenters. The van der Waals surface area contributed by atoms with Gasteiger partial charge < -0.3 is 9.64 Å². The van der Waals surface area contributed by atoms with E-state index in [4.69, 9.17) is 4.74 Å². The highest BCUT2D eigenvalue weighted by molar-refractivity contribution is 9.10. The van der Waals surface area contributed by atoms with Gasteiger partial charge in [-0.25, -0.2) is 0 Å². The van der Waals surface area contributed by atoms with E-state index >= 15 is 0 Å². The van der Waals surface area contributed by atoms with E-state index in [-0.39, 0.29) is 5.91 Å². The zero-order valence-corrected chi connectivity index (χ0v) is 13.0. The number of aryl methyl sites for hydroxylation is 1. The Labute approximate surface area is 117 Å². The first-order chi connectivity index (χ1) is 8.30. The van der Waals surface area contributed by atoms with Crippen LogP contribution in [0.4, 0.5) is 0 Å². The summed E-state index contributed by atoms with van der Waals surface area (Å²) in [6, 6.07) is 7.89. The normalized spacial score (nSPS) is 11.2. The third-order valence-corrected chi connectivity index (χ3v) is 2.88. The van der Waals surface area contributed by atoms with E-state index in [1.165, 1.54) is 5.56 Å². The Hall–Kier alpha value is -1.03. The molecule has 0 aliphatic heterocycles. The van der Waals surface area contributed by atoms with Crippen molar-refractivity contribution in [2.24, 2.45) is 0 Å². The number of amides is 1. The van der Waals surface area contributed by atoms with Crippen LogP contribution in [0.25, 0.3) is 0 Å². The molecule has 0 N–H and O–H groups in total. The lowest BCUT2D eigenvalue weighted by atomic mass is 10.2. The Morgan fingerprint density at radius 3 is 2.67 bits per heavy atom. The lowest BCUT2D eigenvalue weighted by molar-refractivity contribution is -0.131. The molecule has 1 rings (SSSR count). The van der Waals surface area contributed by atoms with Gasteiger partial charge in [0, 0.05) is 7.05 Å². The summed E-state index contributed by atoms with van der Waals surface area (Å²) in [5.74, 6) is 0.893. The molecular weight excluding hydrogens is 294 g/mol. The molecule has 0 saturated carbocycles. The fourth-order valence-corrected chi connectivity index (χ4v) is 1.86. The van der Waals surface area contributed by atoms with Crippen LogP contribution < -0.4 is 4.74 Å². The molecule has 0 bridgehead atoms. The number of likely N-dealkylation sites (N-methyl/N-ethyl adjacent to an activating group) is 1. The zero-order valence-electron chi connectivity index (χ0n) is 11.4. The molecular formula is C14H20BrNO2. The van der Waals surface area contributed by atoms with E-state index in [1.807, 2.05) is 45.0 Å². The minimum Gasteiger partial charge on any atom is -0.492 e. The summed E-state index contributed by atoms with van der Waals surface area (Å²) >= 11 is 3.36. The summed E-state index contributed by atoms with van der Waals surface area (Å²) in [5, 5.41) is 0. The van der Waals surface area contributed by atoms with Crippen LogP contribution in [0.5, 0.6) is 5.75 Å². The molecule has 1 aromatic carbocycles. The average molecular weight is 314 g/mol. The van der Waals surface area contributed by atoms with Gasteiger partial charge in [0.15, 0.2) is 0 Å². The third kappa shape index (κ3) is 4.69. The van der Waals surface area contributed by atoms with Gasteiger partial charge in [-0.2, -0.15) is 0 Å². The average Bonchev–Trinajstić information content (AvgIpc) is 2.26. The Balaban J connectivity index is 2.40. The quantitative estimate of drug-likeness (QED) is 0.782. The Morgan fingerprint density at radius 2 is 2.11 bits per heavy atom. The van der Waals surface area contributed by atoms with Gasteiger partial charge in [-0.1, -0.05) is 28.1 Å². The van der Waals surface area contributed by atoms with Crippen LogP contribution in [0.2, 0.25) is 0 Å². The molecule has 0 heterocycles. The smallest absolute Gasteiger partial charge is 0.238 e. The van der Waals surface area contributed by atoms with Gasteiger partial charge >= 0.3 is 0 Å². The van der Waals surface area contributed by atoms with Crippen molar-refractivity contribution in [3.05, 3.63) is 29.8 Å². The van der Waals surface area contributed by atoms with Gasteiger partial charge in [0.05, 0.1) is 10.9 Å². The predicted molar refractivity (Wildman–Crippen MR) is 77.3 cm³/mol. The molecule has 0 aliphatic carbocycles. The van der Waals surface area contributed by atoms with E-state index in [2.05, 4.69) is 15.9 Å². The summed E-state index contributed by atoms with van der Waals surface area (Å²) in [7, 11) is 1.78. The Morgan fingerprint density at radius 1 is 1.44 bits per heavy atom. The minimum absolute atomic E-state index is 0.0512. The lowest BCUT2D eigenvalue weighted by Gasteiger charge is -2.24. The number of hydrogen-bond acceptors (Lipinski definition) is 2. The standard InChI is InChI=1S/C14H20BrNO2/c1-11-6-5-7-12(10-11)18-9-8-16(4)13(17)14(2,3)15/h5-7,10H,8-9H2,1-4H3. The molecule has 0 atom stereocenters. The van der Waals surface area contributed by atoms with Crippen molar-refractivity contribution < 1.29 is 9.53 Å². The van der Waals surface area contributed by atoms with Crippen molar-refractivity contribution >= 4 is 21.8 Å². The van der Waals surface area contributed by atoms with Crippen LogP contribution in [0.15, 0.2) is 24.3 Å². The lowest BCUT2D eigenvalue weighted by Crippen LogP contribution is -2.41. The molecule has 0 saturated heterocycles. The monoisotopic (exact) mass is 313 g/mol. The summed E-state index contributed by atoms with van der Waals surface area (Å²) in [5.41, 5.74) is 1.17.